The van der Waals surface area contributed by atoms with E-state index in [1.54, 1.807) is 0 Å². The number of hydrogen-bond acceptors (Lipinski definition) is 3. The number of benzene rings is 1. The number of halogens is 2. The van der Waals surface area contributed by atoms with Crippen LogP contribution in [0, 0.1) is 5.92 Å². The lowest BCUT2D eigenvalue weighted by molar-refractivity contribution is -0.121. The maximum atomic E-state index is 12.3. The first-order valence-electron chi connectivity index (χ1n) is 8.99. The molecule has 6 heteroatoms. The van der Waals surface area contributed by atoms with Crippen LogP contribution >= 0.6 is 24.0 Å². The van der Waals surface area contributed by atoms with E-state index in [4.69, 9.17) is 16.3 Å². The Morgan fingerprint density at radius 3 is 2.84 bits per heavy atom. The largest absolute Gasteiger partial charge is 0.381 e. The molecule has 0 aliphatic carbocycles. The van der Waals surface area contributed by atoms with Gasteiger partial charge in [0, 0.05) is 36.6 Å². The lowest BCUT2D eigenvalue weighted by atomic mass is 9.74. The topological polar surface area (TPSA) is 50.4 Å². The van der Waals surface area contributed by atoms with E-state index < -0.39 is 0 Å². The Balaban J connectivity index is 0.00000225. The number of amides is 1. The van der Waals surface area contributed by atoms with E-state index in [0.717, 1.165) is 50.6 Å². The summed E-state index contributed by atoms with van der Waals surface area (Å²) in [6.45, 7) is 4.27. The second-order valence-corrected chi connectivity index (χ2v) is 7.51. The molecule has 140 valence electrons. The molecule has 3 rings (SSSR count). The van der Waals surface area contributed by atoms with Gasteiger partial charge in [0.2, 0.25) is 5.91 Å². The molecule has 2 aliphatic rings. The van der Waals surface area contributed by atoms with E-state index in [-0.39, 0.29) is 23.7 Å². The first-order chi connectivity index (χ1) is 11.7. The van der Waals surface area contributed by atoms with Crippen LogP contribution in [-0.2, 0) is 14.9 Å². The second kappa shape index (κ2) is 9.77. The van der Waals surface area contributed by atoms with Crippen molar-refractivity contribution in [3.63, 3.8) is 0 Å². The van der Waals surface area contributed by atoms with Crippen LogP contribution in [0.3, 0.4) is 0 Å². The van der Waals surface area contributed by atoms with Crippen molar-refractivity contribution in [3.05, 3.63) is 34.9 Å². The van der Waals surface area contributed by atoms with Gasteiger partial charge < -0.3 is 15.4 Å². The zero-order chi connectivity index (χ0) is 16.8. The van der Waals surface area contributed by atoms with Gasteiger partial charge in [0.25, 0.3) is 0 Å². The minimum atomic E-state index is -0.0618. The van der Waals surface area contributed by atoms with Crippen molar-refractivity contribution < 1.29 is 9.53 Å². The monoisotopic (exact) mass is 386 g/mol. The van der Waals surface area contributed by atoms with E-state index in [9.17, 15) is 4.79 Å². The minimum absolute atomic E-state index is 0. The molecule has 1 aromatic carbocycles. The van der Waals surface area contributed by atoms with Crippen LogP contribution in [0.15, 0.2) is 24.3 Å². The fourth-order valence-electron chi connectivity index (χ4n) is 3.80. The van der Waals surface area contributed by atoms with E-state index in [1.165, 1.54) is 12.0 Å². The Hall–Kier alpha value is -0.810. The van der Waals surface area contributed by atoms with Gasteiger partial charge >= 0.3 is 0 Å². The van der Waals surface area contributed by atoms with Gasteiger partial charge in [0.05, 0.1) is 0 Å². The highest BCUT2D eigenvalue weighted by molar-refractivity contribution is 6.30. The van der Waals surface area contributed by atoms with Crippen molar-refractivity contribution in [1.29, 1.82) is 0 Å². The zero-order valence-electron chi connectivity index (χ0n) is 14.6. The van der Waals surface area contributed by atoms with Gasteiger partial charge in [-0.05, 0) is 62.4 Å². The Bertz CT molecular complexity index is 556. The first kappa shape index (κ1) is 20.5. The maximum absolute atomic E-state index is 12.3. The van der Waals surface area contributed by atoms with E-state index in [1.807, 2.05) is 18.2 Å². The van der Waals surface area contributed by atoms with Crippen molar-refractivity contribution in [1.82, 2.24) is 10.6 Å². The van der Waals surface area contributed by atoms with Gasteiger partial charge in [-0.3, -0.25) is 4.79 Å². The number of ether oxygens (including phenoxy) is 1. The summed E-state index contributed by atoms with van der Waals surface area (Å²) < 4.78 is 5.55. The van der Waals surface area contributed by atoms with Crippen molar-refractivity contribution in [2.24, 2.45) is 5.92 Å². The number of carbonyl (C=O) groups excluding carboxylic acids is 1. The van der Waals surface area contributed by atoms with Crippen molar-refractivity contribution in [2.75, 3.05) is 32.8 Å². The molecule has 1 unspecified atom stereocenters. The quantitative estimate of drug-likeness (QED) is 0.788. The van der Waals surface area contributed by atoms with Crippen molar-refractivity contribution in [3.8, 4) is 0 Å². The summed E-state index contributed by atoms with van der Waals surface area (Å²) in [5.74, 6) is 0.815. The predicted molar refractivity (Wildman–Crippen MR) is 104 cm³/mol. The third-order valence-electron chi connectivity index (χ3n) is 5.45. The van der Waals surface area contributed by atoms with Crippen LogP contribution in [0.5, 0.6) is 0 Å². The number of nitrogens with one attached hydrogen (secondary N) is 2. The lowest BCUT2D eigenvalue weighted by Crippen LogP contribution is -2.44. The first-order valence-corrected chi connectivity index (χ1v) is 9.37. The van der Waals surface area contributed by atoms with Crippen LogP contribution in [-0.4, -0.2) is 38.8 Å². The Labute approximate surface area is 161 Å². The molecule has 1 atom stereocenters. The van der Waals surface area contributed by atoms with E-state index >= 15 is 0 Å². The predicted octanol–water partition coefficient (Wildman–Crippen LogP) is 3.32. The highest BCUT2D eigenvalue weighted by atomic mass is 35.5. The molecule has 25 heavy (non-hydrogen) atoms. The Kier molecular flexibility index (Phi) is 8.01. The molecule has 2 N–H and O–H groups in total. The van der Waals surface area contributed by atoms with Crippen LogP contribution in [0.4, 0.5) is 0 Å². The molecule has 0 radical (unpaired) electrons. The normalized spacial score (nSPS) is 22.2. The van der Waals surface area contributed by atoms with Crippen molar-refractivity contribution in [2.45, 2.75) is 37.5 Å². The van der Waals surface area contributed by atoms with E-state index in [0.29, 0.717) is 18.9 Å². The molecule has 0 saturated carbocycles. The summed E-state index contributed by atoms with van der Waals surface area (Å²) in [7, 11) is 0. The maximum Gasteiger partial charge on any atom is 0.220 e. The zero-order valence-corrected chi connectivity index (χ0v) is 16.1. The molecule has 0 bridgehead atoms. The summed E-state index contributed by atoms with van der Waals surface area (Å²) >= 11 is 6.19. The summed E-state index contributed by atoms with van der Waals surface area (Å²) in [4.78, 5) is 12.3. The molecular formula is C19H28Cl2N2O2. The van der Waals surface area contributed by atoms with Crippen LogP contribution < -0.4 is 10.6 Å². The van der Waals surface area contributed by atoms with Crippen LogP contribution in [0.25, 0.3) is 0 Å². The minimum Gasteiger partial charge on any atom is -0.381 e. The van der Waals surface area contributed by atoms with Gasteiger partial charge in [-0.15, -0.1) is 12.4 Å². The third kappa shape index (κ3) is 5.58. The van der Waals surface area contributed by atoms with Gasteiger partial charge in [-0.1, -0.05) is 23.7 Å². The highest BCUT2D eigenvalue weighted by Gasteiger charge is 2.35. The molecule has 4 nitrogen and oxygen atoms in total. The SMILES string of the molecule is Cl.O=C(CCC1CCNC1)NCC1(c2cccc(Cl)c2)CCOCC1. The van der Waals surface area contributed by atoms with E-state index in [2.05, 4.69) is 16.7 Å². The smallest absolute Gasteiger partial charge is 0.220 e. The highest BCUT2D eigenvalue weighted by Crippen LogP contribution is 2.35. The Morgan fingerprint density at radius 1 is 1.36 bits per heavy atom. The molecule has 2 saturated heterocycles. The fraction of sp³-hybridized carbons (Fsp3) is 0.632. The van der Waals surface area contributed by atoms with Gasteiger partial charge in [0.15, 0.2) is 0 Å². The summed E-state index contributed by atoms with van der Waals surface area (Å²) in [5.41, 5.74) is 1.15. The molecule has 2 heterocycles. The average Bonchev–Trinajstić information content (AvgIpc) is 3.12. The number of hydrogen-bond donors (Lipinski definition) is 2. The van der Waals surface area contributed by atoms with Gasteiger partial charge in [0.1, 0.15) is 0 Å². The summed E-state index contributed by atoms with van der Waals surface area (Å²) in [5, 5.41) is 7.28. The fourth-order valence-corrected chi connectivity index (χ4v) is 3.99. The second-order valence-electron chi connectivity index (χ2n) is 7.08. The van der Waals surface area contributed by atoms with Gasteiger partial charge in [-0.25, -0.2) is 0 Å². The summed E-state index contributed by atoms with van der Waals surface area (Å²) in [6, 6.07) is 8.03. The number of rotatable bonds is 6. The molecule has 1 amide bonds. The standard InChI is InChI=1S/C19H27ClN2O2.ClH/c20-17-3-1-2-16(12-17)19(7-10-24-11-8-19)14-22-18(23)5-4-15-6-9-21-13-15;/h1-3,12,15,21H,4-11,13-14H2,(H,22,23);1H. The van der Waals surface area contributed by atoms with Crippen molar-refractivity contribution >= 4 is 29.9 Å². The molecular weight excluding hydrogens is 359 g/mol. The average molecular weight is 387 g/mol. The van der Waals surface area contributed by atoms with Gasteiger partial charge in [-0.2, -0.15) is 0 Å². The number of carbonyl (C=O) groups is 1. The third-order valence-corrected chi connectivity index (χ3v) is 5.69. The van der Waals surface area contributed by atoms with Crippen LogP contribution in [0.1, 0.15) is 37.7 Å². The molecule has 2 aliphatic heterocycles. The summed E-state index contributed by atoms with van der Waals surface area (Å²) in [6.07, 6.45) is 4.62. The molecule has 0 spiro atoms. The molecule has 0 aromatic heterocycles. The molecule has 2 fully saturated rings. The van der Waals surface area contributed by atoms with Crippen LogP contribution in [0.2, 0.25) is 5.02 Å². The lowest BCUT2D eigenvalue weighted by Gasteiger charge is -2.38. The Morgan fingerprint density at radius 2 is 2.16 bits per heavy atom. The molecule has 1 aromatic rings.